The van der Waals surface area contributed by atoms with Crippen LogP contribution in [0.2, 0.25) is 0 Å². The zero-order valence-corrected chi connectivity index (χ0v) is 15.2. The number of benzene rings is 1. The van der Waals surface area contributed by atoms with Crippen molar-refractivity contribution < 1.29 is 9.47 Å². The first kappa shape index (κ1) is 21.8. The second-order valence-electron chi connectivity index (χ2n) is 5.01. The van der Waals surface area contributed by atoms with E-state index in [-0.39, 0.29) is 30.9 Å². The summed E-state index contributed by atoms with van der Waals surface area (Å²) in [6, 6.07) is 8.39. The average Bonchev–Trinajstić information content (AvgIpc) is 2.54. The van der Waals surface area contributed by atoms with Gasteiger partial charge in [0.1, 0.15) is 0 Å². The largest absolute Gasteiger partial charge is 0.493 e. The molecule has 2 rings (SSSR count). The summed E-state index contributed by atoms with van der Waals surface area (Å²) in [5.41, 5.74) is 1.11. The summed E-state index contributed by atoms with van der Waals surface area (Å²) in [6.45, 7) is 6.41. The number of hydrogen-bond acceptors (Lipinski definition) is 5. The molecule has 1 aliphatic rings. The molecule has 0 aliphatic carbocycles. The Morgan fingerprint density at radius 2 is 1.96 bits per heavy atom. The van der Waals surface area contributed by atoms with E-state index in [1.165, 1.54) is 0 Å². The lowest BCUT2D eigenvalue weighted by atomic mass is 10.0. The van der Waals surface area contributed by atoms with Crippen LogP contribution in [0.1, 0.15) is 24.9 Å². The molecule has 1 heterocycles. The van der Waals surface area contributed by atoms with Gasteiger partial charge in [-0.15, -0.1) is 24.8 Å². The second kappa shape index (κ2) is 11.4. The SMILES string of the molecule is CCOc1cc([C@@H](CC#N)N2CCNCC2)ccc1OC.Cl.Cl. The minimum absolute atomic E-state index is 0. The van der Waals surface area contributed by atoms with E-state index < -0.39 is 0 Å². The van der Waals surface area contributed by atoms with Gasteiger partial charge in [0.05, 0.1) is 26.2 Å². The van der Waals surface area contributed by atoms with Crippen molar-refractivity contribution in [3.8, 4) is 17.6 Å². The number of nitrogens with zero attached hydrogens (tertiary/aromatic N) is 2. The molecule has 0 radical (unpaired) electrons. The Kier molecular flexibility index (Phi) is 10.8. The Morgan fingerprint density at radius 1 is 1.26 bits per heavy atom. The minimum atomic E-state index is 0. The Labute approximate surface area is 150 Å². The molecule has 0 bridgehead atoms. The van der Waals surface area contributed by atoms with Gasteiger partial charge >= 0.3 is 0 Å². The normalized spacial score (nSPS) is 15.5. The van der Waals surface area contributed by atoms with Gasteiger partial charge in [0.25, 0.3) is 0 Å². The van der Waals surface area contributed by atoms with Crippen LogP contribution in [0.3, 0.4) is 0 Å². The van der Waals surface area contributed by atoms with Crippen molar-refractivity contribution in [1.29, 1.82) is 5.26 Å². The van der Waals surface area contributed by atoms with Crippen LogP contribution >= 0.6 is 24.8 Å². The number of methoxy groups -OCH3 is 1. The molecule has 130 valence electrons. The van der Waals surface area contributed by atoms with Crippen molar-refractivity contribution >= 4 is 24.8 Å². The Bertz CT molecular complexity index is 503. The number of hydrogen-bond donors (Lipinski definition) is 1. The first-order valence-electron chi connectivity index (χ1n) is 7.42. The van der Waals surface area contributed by atoms with E-state index in [0.717, 1.165) is 43.2 Å². The number of rotatable bonds is 6. The highest BCUT2D eigenvalue weighted by molar-refractivity contribution is 5.85. The first-order valence-corrected chi connectivity index (χ1v) is 7.42. The van der Waals surface area contributed by atoms with Gasteiger partial charge in [0, 0.05) is 32.2 Å². The van der Waals surface area contributed by atoms with Gasteiger partial charge in [0.15, 0.2) is 11.5 Å². The molecule has 0 saturated carbocycles. The zero-order valence-electron chi connectivity index (χ0n) is 13.6. The zero-order chi connectivity index (χ0) is 15.1. The fourth-order valence-corrected chi connectivity index (χ4v) is 2.71. The van der Waals surface area contributed by atoms with Crippen molar-refractivity contribution in [3.05, 3.63) is 23.8 Å². The third-order valence-electron chi connectivity index (χ3n) is 3.75. The van der Waals surface area contributed by atoms with Crippen LogP contribution in [0.15, 0.2) is 18.2 Å². The Morgan fingerprint density at radius 3 is 2.52 bits per heavy atom. The van der Waals surface area contributed by atoms with Gasteiger partial charge in [-0.1, -0.05) is 6.07 Å². The Hall–Kier alpha value is -1.19. The number of piperazine rings is 1. The maximum atomic E-state index is 9.15. The predicted molar refractivity (Wildman–Crippen MR) is 96.1 cm³/mol. The third-order valence-corrected chi connectivity index (χ3v) is 3.75. The number of ether oxygens (including phenoxy) is 2. The van der Waals surface area contributed by atoms with Crippen molar-refractivity contribution in [2.24, 2.45) is 0 Å². The van der Waals surface area contributed by atoms with E-state index in [9.17, 15) is 0 Å². The quantitative estimate of drug-likeness (QED) is 0.843. The number of halogens is 2. The van der Waals surface area contributed by atoms with Crippen LogP contribution in [0.25, 0.3) is 0 Å². The fourth-order valence-electron chi connectivity index (χ4n) is 2.71. The van der Waals surface area contributed by atoms with Crippen molar-refractivity contribution in [2.75, 3.05) is 39.9 Å². The van der Waals surface area contributed by atoms with Crippen LogP contribution in [0.5, 0.6) is 11.5 Å². The topological polar surface area (TPSA) is 57.5 Å². The van der Waals surface area contributed by atoms with Crippen molar-refractivity contribution in [3.63, 3.8) is 0 Å². The van der Waals surface area contributed by atoms with Crippen LogP contribution in [-0.2, 0) is 0 Å². The van der Waals surface area contributed by atoms with E-state index in [1.54, 1.807) is 7.11 Å². The molecule has 0 amide bonds. The summed E-state index contributed by atoms with van der Waals surface area (Å²) >= 11 is 0. The predicted octanol–water partition coefficient (Wildman–Crippen LogP) is 2.80. The van der Waals surface area contributed by atoms with Crippen LogP contribution < -0.4 is 14.8 Å². The van der Waals surface area contributed by atoms with E-state index in [1.807, 2.05) is 25.1 Å². The lowest BCUT2D eigenvalue weighted by Gasteiger charge is -2.34. The maximum absolute atomic E-state index is 9.15. The van der Waals surface area contributed by atoms with E-state index >= 15 is 0 Å². The molecular weight excluding hydrogens is 337 g/mol. The van der Waals surface area contributed by atoms with E-state index in [4.69, 9.17) is 14.7 Å². The monoisotopic (exact) mass is 361 g/mol. The van der Waals surface area contributed by atoms with Gasteiger partial charge in [-0.2, -0.15) is 5.26 Å². The summed E-state index contributed by atoms with van der Waals surface area (Å²) < 4.78 is 11.0. The highest BCUT2D eigenvalue weighted by Gasteiger charge is 2.23. The highest BCUT2D eigenvalue weighted by atomic mass is 35.5. The first-order chi connectivity index (χ1) is 10.3. The molecule has 1 atom stereocenters. The molecule has 1 saturated heterocycles. The summed E-state index contributed by atoms with van der Waals surface area (Å²) in [6.07, 6.45) is 0.484. The highest BCUT2D eigenvalue weighted by Crippen LogP contribution is 2.33. The summed E-state index contributed by atoms with van der Waals surface area (Å²) in [7, 11) is 1.64. The standard InChI is InChI=1S/C16H23N3O2.2ClH/c1-3-21-16-12-13(4-5-15(16)20-2)14(6-7-17)19-10-8-18-9-11-19;;/h4-5,12,14,18H,3,6,8-11H2,1-2H3;2*1H/t14-;;/m1../s1. The molecule has 7 heteroatoms. The molecule has 1 N–H and O–H groups in total. The van der Waals surface area contributed by atoms with E-state index in [2.05, 4.69) is 16.3 Å². The van der Waals surface area contributed by atoms with Gasteiger partial charge < -0.3 is 14.8 Å². The van der Waals surface area contributed by atoms with Gasteiger partial charge in [-0.25, -0.2) is 0 Å². The minimum Gasteiger partial charge on any atom is -0.493 e. The molecule has 1 fully saturated rings. The second-order valence-corrected chi connectivity index (χ2v) is 5.01. The maximum Gasteiger partial charge on any atom is 0.161 e. The molecule has 1 aromatic rings. The molecule has 23 heavy (non-hydrogen) atoms. The fraction of sp³-hybridized carbons (Fsp3) is 0.562. The average molecular weight is 362 g/mol. The van der Waals surface area contributed by atoms with Crippen LogP contribution in [0, 0.1) is 11.3 Å². The van der Waals surface area contributed by atoms with Gasteiger partial charge in [-0.3, -0.25) is 4.90 Å². The molecule has 0 aromatic heterocycles. The third kappa shape index (κ3) is 5.74. The lowest BCUT2D eigenvalue weighted by Crippen LogP contribution is -2.45. The number of nitriles is 1. The molecular formula is C16H25Cl2N3O2. The smallest absolute Gasteiger partial charge is 0.161 e. The van der Waals surface area contributed by atoms with Gasteiger partial charge in [-0.05, 0) is 24.6 Å². The lowest BCUT2D eigenvalue weighted by molar-refractivity contribution is 0.175. The van der Waals surface area contributed by atoms with Crippen molar-refractivity contribution in [1.82, 2.24) is 10.2 Å². The van der Waals surface area contributed by atoms with Crippen LogP contribution in [0.4, 0.5) is 0 Å². The van der Waals surface area contributed by atoms with Gasteiger partial charge in [0.2, 0.25) is 0 Å². The summed E-state index contributed by atoms with van der Waals surface area (Å²) in [5.74, 6) is 1.48. The van der Waals surface area contributed by atoms with E-state index in [0.29, 0.717) is 13.0 Å². The molecule has 1 aliphatic heterocycles. The molecule has 0 spiro atoms. The molecule has 5 nitrogen and oxygen atoms in total. The van der Waals surface area contributed by atoms with Crippen LogP contribution in [-0.4, -0.2) is 44.8 Å². The summed E-state index contributed by atoms with van der Waals surface area (Å²) in [5, 5.41) is 12.5. The number of nitrogens with one attached hydrogen (secondary N) is 1. The molecule has 0 unspecified atom stereocenters. The Balaban J connectivity index is 0.00000242. The summed E-state index contributed by atoms with van der Waals surface area (Å²) in [4.78, 5) is 2.36. The van der Waals surface area contributed by atoms with Crippen molar-refractivity contribution in [2.45, 2.75) is 19.4 Å². The molecule has 1 aromatic carbocycles.